The molecule has 1 rings (SSSR count). The second-order valence-corrected chi connectivity index (χ2v) is 3.90. The summed E-state index contributed by atoms with van der Waals surface area (Å²) in [6.07, 6.45) is 5.61. The first-order chi connectivity index (χ1) is 8.81. The summed E-state index contributed by atoms with van der Waals surface area (Å²) in [5.74, 6) is 0. The SMILES string of the molecule is CCN(CC)c1ccc(/C=C/C=N/CCO)cc1. The third kappa shape index (κ3) is 4.72. The summed E-state index contributed by atoms with van der Waals surface area (Å²) in [5, 5.41) is 8.57. The normalized spacial score (nSPS) is 11.5. The van der Waals surface area contributed by atoms with Gasteiger partial charge in [0.15, 0.2) is 0 Å². The highest BCUT2D eigenvalue weighted by Crippen LogP contribution is 2.15. The van der Waals surface area contributed by atoms with Gasteiger partial charge in [0.2, 0.25) is 0 Å². The number of aliphatic hydroxyl groups is 1. The Labute approximate surface area is 109 Å². The Morgan fingerprint density at radius 3 is 2.39 bits per heavy atom. The zero-order chi connectivity index (χ0) is 13.2. The Balaban J connectivity index is 2.60. The minimum absolute atomic E-state index is 0.100. The highest BCUT2D eigenvalue weighted by Gasteiger charge is 1.99. The Kier molecular flexibility index (Phi) is 6.81. The van der Waals surface area contributed by atoms with E-state index in [-0.39, 0.29) is 6.61 Å². The van der Waals surface area contributed by atoms with E-state index in [2.05, 4.69) is 48.0 Å². The molecule has 1 N–H and O–H groups in total. The number of allylic oxidation sites excluding steroid dienone is 1. The van der Waals surface area contributed by atoms with Gasteiger partial charge < -0.3 is 10.0 Å². The van der Waals surface area contributed by atoms with Gasteiger partial charge in [0.05, 0.1) is 13.2 Å². The van der Waals surface area contributed by atoms with Crippen LogP contribution in [0.3, 0.4) is 0 Å². The summed E-state index contributed by atoms with van der Waals surface area (Å²) >= 11 is 0. The minimum Gasteiger partial charge on any atom is -0.394 e. The molecule has 0 saturated carbocycles. The lowest BCUT2D eigenvalue weighted by molar-refractivity contribution is 0.307. The van der Waals surface area contributed by atoms with Crippen LogP contribution in [0.2, 0.25) is 0 Å². The van der Waals surface area contributed by atoms with Crippen molar-refractivity contribution in [2.24, 2.45) is 4.99 Å². The summed E-state index contributed by atoms with van der Waals surface area (Å²) in [6, 6.07) is 8.48. The fourth-order valence-electron chi connectivity index (χ4n) is 1.73. The largest absolute Gasteiger partial charge is 0.394 e. The first-order valence-corrected chi connectivity index (χ1v) is 6.44. The molecule has 3 nitrogen and oxygen atoms in total. The second-order valence-electron chi connectivity index (χ2n) is 3.90. The highest BCUT2D eigenvalue weighted by atomic mass is 16.3. The number of nitrogens with zero attached hydrogens (tertiary/aromatic N) is 2. The van der Waals surface area contributed by atoms with Crippen LogP contribution in [-0.4, -0.2) is 37.6 Å². The van der Waals surface area contributed by atoms with E-state index >= 15 is 0 Å². The maximum Gasteiger partial charge on any atom is 0.0626 e. The predicted octanol–water partition coefficient (Wildman–Crippen LogP) is 2.61. The van der Waals surface area contributed by atoms with Gasteiger partial charge in [0, 0.05) is 25.0 Å². The average Bonchev–Trinajstić information content (AvgIpc) is 2.41. The van der Waals surface area contributed by atoms with Crippen molar-refractivity contribution in [3.8, 4) is 0 Å². The van der Waals surface area contributed by atoms with Crippen LogP contribution in [-0.2, 0) is 0 Å². The molecular formula is C15H22N2O. The standard InChI is InChI=1S/C15H22N2O/c1-3-17(4-2)15-9-7-14(8-10-15)6-5-11-16-12-13-18/h5-11,18H,3-4,12-13H2,1-2H3/b6-5+,16-11+. The molecular weight excluding hydrogens is 224 g/mol. The van der Waals surface area contributed by atoms with Gasteiger partial charge in [-0.15, -0.1) is 0 Å². The number of aliphatic hydroxyl groups excluding tert-OH is 1. The van der Waals surface area contributed by atoms with E-state index < -0.39 is 0 Å². The lowest BCUT2D eigenvalue weighted by Gasteiger charge is -2.20. The third-order valence-electron chi connectivity index (χ3n) is 2.73. The summed E-state index contributed by atoms with van der Waals surface area (Å²) < 4.78 is 0. The third-order valence-corrected chi connectivity index (χ3v) is 2.73. The first kappa shape index (κ1) is 14.5. The Morgan fingerprint density at radius 2 is 1.83 bits per heavy atom. The molecule has 1 aromatic rings. The topological polar surface area (TPSA) is 35.8 Å². The van der Waals surface area contributed by atoms with Gasteiger partial charge in [-0.2, -0.15) is 0 Å². The predicted molar refractivity (Wildman–Crippen MR) is 79.5 cm³/mol. The molecule has 0 aliphatic rings. The number of anilines is 1. The van der Waals surface area contributed by atoms with Gasteiger partial charge in [0.1, 0.15) is 0 Å². The van der Waals surface area contributed by atoms with E-state index in [1.807, 2.05) is 12.2 Å². The van der Waals surface area contributed by atoms with Crippen LogP contribution in [0.1, 0.15) is 19.4 Å². The van der Waals surface area contributed by atoms with Crippen LogP contribution in [0.15, 0.2) is 35.3 Å². The molecule has 18 heavy (non-hydrogen) atoms. The Morgan fingerprint density at radius 1 is 1.17 bits per heavy atom. The Hall–Kier alpha value is -1.61. The zero-order valence-electron chi connectivity index (χ0n) is 11.2. The molecule has 0 spiro atoms. The smallest absolute Gasteiger partial charge is 0.0626 e. The van der Waals surface area contributed by atoms with Crippen molar-refractivity contribution in [1.29, 1.82) is 0 Å². The van der Waals surface area contributed by atoms with E-state index in [0.29, 0.717) is 6.54 Å². The van der Waals surface area contributed by atoms with Gasteiger partial charge in [-0.3, -0.25) is 4.99 Å². The molecule has 0 fully saturated rings. The monoisotopic (exact) mass is 246 g/mol. The summed E-state index contributed by atoms with van der Waals surface area (Å²) in [7, 11) is 0. The van der Waals surface area contributed by atoms with Crippen molar-refractivity contribution >= 4 is 18.0 Å². The van der Waals surface area contributed by atoms with E-state index in [1.165, 1.54) is 5.69 Å². The molecule has 0 aliphatic carbocycles. The number of rotatable bonds is 7. The molecule has 98 valence electrons. The first-order valence-electron chi connectivity index (χ1n) is 6.44. The van der Waals surface area contributed by atoms with Gasteiger partial charge in [-0.25, -0.2) is 0 Å². The summed E-state index contributed by atoms with van der Waals surface area (Å²) in [4.78, 5) is 6.32. The van der Waals surface area contributed by atoms with Gasteiger partial charge in [-0.1, -0.05) is 18.2 Å². The van der Waals surface area contributed by atoms with E-state index in [9.17, 15) is 0 Å². The van der Waals surface area contributed by atoms with Crippen molar-refractivity contribution in [2.45, 2.75) is 13.8 Å². The fourth-order valence-corrected chi connectivity index (χ4v) is 1.73. The van der Waals surface area contributed by atoms with Crippen molar-refractivity contribution in [3.05, 3.63) is 35.9 Å². The molecule has 0 amide bonds. The average molecular weight is 246 g/mol. The summed E-state index contributed by atoms with van der Waals surface area (Å²) in [6.45, 7) is 6.94. The van der Waals surface area contributed by atoms with Crippen LogP contribution < -0.4 is 4.90 Å². The van der Waals surface area contributed by atoms with Crippen molar-refractivity contribution in [1.82, 2.24) is 0 Å². The quantitative estimate of drug-likeness (QED) is 0.751. The lowest BCUT2D eigenvalue weighted by atomic mass is 10.2. The molecule has 0 aliphatic heterocycles. The van der Waals surface area contributed by atoms with Crippen molar-refractivity contribution in [2.75, 3.05) is 31.1 Å². The molecule has 0 heterocycles. The molecule has 1 aromatic carbocycles. The van der Waals surface area contributed by atoms with E-state index in [1.54, 1.807) is 6.21 Å². The van der Waals surface area contributed by atoms with Crippen LogP contribution in [0, 0.1) is 0 Å². The second kappa shape index (κ2) is 8.48. The molecule has 0 aromatic heterocycles. The molecule has 0 bridgehead atoms. The maximum atomic E-state index is 8.57. The highest BCUT2D eigenvalue weighted by molar-refractivity contribution is 5.78. The molecule has 0 unspecified atom stereocenters. The fraction of sp³-hybridized carbons (Fsp3) is 0.400. The van der Waals surface area contributed by atoms with Crippen LogP contribution in [0.4, 0.5) is 5.69 Å². The lowest BCUT2D eigenvalue weighted by Crippen LogP contribution is -2.21. The van der Waals surface area contributed by atoms with Crippen LogP contribution in [0.25, 0.3) is 6.08 Å². The minimum atomic E-state index is 0.100. The molecule has 0 atom stereocenters. The zero-order valence-corrected chi connectivity index (χ0v) is 11.2. The number of benzene rings is 1. The molecule has 0 radical (unpaired) electrons. The van der Waals surface area contributed by atoms with Crippen LogP contribution in [0.5, 0.6) is 0 Å². The number of hydrogen-bond acceptors (Lipinski definition) is 3. The van der Waals surface area contributed by atoms with Gasteiger partial charge in [-0.05, 0) is 37.6 Å². The summed E-state index contributed by atoms with van der Waals surface area (Å²) in [5.41, 5.74) is 2.41. The van der Waals surface area contributed by atoms with E-state index in [4.69, 9.17) is 5.11 Å². The van der Waals surface area contributed by atoms with Gasteiger partial charge >= 0.3 is 0 Å². The van der Waals surface area contributed by atoms with E-state index in [0.717, 1.165) is 18.7 Å². The van der Waals surface area contributed by atoms with Crippen LogP contribution >= 0.6 is 0 Å². The van der Waals surface area contributed by atoms with Gasteiger partial charge in [0.25, 0.3) is 0 Å². The van der Waals surface area contributed by atoms with Crippen molar-refractivity contribution in [3.63, 3.8) is 0 Å². The maximum absolute atomic E-state index is 8.57. The Bertz CT molecular complexity index is 378. The molecule has 3 heteroatoms. The number of aliphatic imine (C=N–C) groups is 1. The van der Waals surface area contributed by atoms with Crippen molar-refractivity contribution < 1.29 is 5.11 Å². The molecule has 0 saturated heterocycles. The number of hydrogen-bond donors (Lipinski definition) is 1.